The molecule has 0 atom stereocenters. The van der Waals surface area contributed by atoms with Crippen molar-refractivity contribution in [2.75, 3.05) is 0 Å². The van der Waals surface area contributed by atoms with E-state index in [1.807, 2.05) is 17.7 Å². The average molecular weight is 287 g/mol. The Morgan fingerprint density at radius 1 is 1.33 bits per heavy atom. The molecule has 0 unspecified atom stereocenters. The Bertz CT molecular complexity index is 656. The molecular formula is C17H22FN3. The molecule has 0 aliphatic heterocycles. The number of hydrogen-bond acceptors (Lipinski definition) is 2. The van der Waals surface area contributed by atoms with Gasteiger partial charge in [-0.2, -0.15) is 5.10 Å². The van der Waals surface area contributed by atoms with E-state index in [1.54, 1.807) is 6.07 Å². The minimum atomic E-state index is -0.176. The van der Waals surface area contributed by atoms with Crippen LogP contribution in [0.1, 0.15) is 36.7 Å². The quantitative estimate of drug-likeness (QED) is 0.911. The van der Waals surface area contributed by atoms with Gasteiger partial charge in [-0.05, 0) is 56.9 Å². The lowest BCUT2D eigenvalue weighted by atomic mass is 9.97. The standard InChI is InChI=1S/C17H22FN3/c1-4-21-12(3)17(11(2)20-21)16-8-5-14(18)9-13(16)10-19-15-6-7-15/h5,8-9,15,19H,4,6-7,10H2,1-3H3. The SMILES string of the molecule is CCn1nc(C)c(-c2ccc(F)cc2CNC2CC2)c1C. The first-order chi connectivity index (χ1) is 10.1. The second kappa shape index (κ2) is 5.60. The molecule has 1 heterocycles. The lowest BCUT2D eigenvalue weighted by molar-refractivity contribution is 0.620. The highest BCUT2D eigenvalue weighted by Gasteiger charge is 2.22. The molecule has 1 fully saturated rings. The van der Waals surface area contributed by atoms with Crippen LogP contribution >= 0.6 is 0 Å². The molecule has 0 amide bonds. The van der Waals surface area contributed by atoms with Crippen molar-refractivity contribution in [2.24, 2.45) is 0 Å². The summed E-state index contributed by atoms with van der Waals surface area (Å²) in [6, 6.07) is 5.68. The van der Waals surface area contributed by atoms with Crippen molar-refractivity contribution in [3.63, 3.8) is 0 Å². The maximum absolute atomic E-state index is 13.6. The molecule has 3 nitrogen and oxygen atoms in total. The summed E-state index contributed by atoms with van der Waals surface area (Å²) >= 11 is 0. The zero-order valence-electron chi connectivity index (χ0n) is 12.9. The predicted octanol–water partition coefficient (Wildman–Crippen LogP) is 3.58. The number of nitrogens with zero attached hydrogens (tertiary/aromatic N) is 2. The van der Waals surface area contributed by atoms with Gasteiger partial charge in [-0.15, -0.1) is 0 Å². The normalized spacial score (nSPS) is 14.7. The van der Waals surface area contributed by atoms with Gasteiger partial charge < -0.3 is 5.32 Å². The number of aryl methyl sites for hydroxylation is 2. The maximum Gasteiger partial charge on any atom is 0.123 e. The van der Waals surface area contributed by atoms with Gasteiger partial charge >= 0.3 is 0 Å². The second-order valence-electron chi connectivity index (χ2n) is 5.82. The van der Waals surface area contributed by atoms with E-state index < -0.39 is 0 Å². The van der Waals surface area contributed by atoms with E-state index in [1.165, 1.54) is 18.9 Å². The molecule has 0 spiro atoms. The fraction of sp³-hybridized carbons (Fsp3) is 0.471. The molecule has 1 saturated carbocycles. The lowest BCUT2D eigenvalue weighted by Crippen LogP contribution is -2.16. The summed E-state index contributed by atoms with van der Waals surface area (Å²) in [4.78, 5) is 0. The summed E-state index contributed by atoms with van der Waals surface area (Å²) in [5.41, 5.74) is 5.41. The van der Waals surface area contributed by atoms with Crippen LogP contribution in [0.2, 0.25) is 0 Å². The highest BCUT2D eigenvalue weighted by atomic mass is 19.1. The fourth-order valence-corrected chi connectivity index (χ4v) is 2.89. The van der Waals surface area contributed by atoms with Crippen molar-refractivity contribution in [2.45, 2.75) is 52.7 Å². The molecule has 0 bridgehead atoms. The molecule has 4 heteroatoms. The molecular weight excluding hydrogens is 265 g/mol. The largest absolute Gasteiger partial charge is 0.310 e. The van der Waals surface area contributed by atoms with Gasteiger partial charge in [-0.1, -0.05) is 6.07 Å². The van der Waals surface area contributed by atoms with Gasteiger partial charge in [-0.25, -0.2) is 4.39 Å². The van der Waals surface area contributed by atoms with Crippen LogP contribution in [0.15, 0.2) is 18.2 Å². The molecule has 21 heavy (non-hydrogen) atoms. The third-order valence-corrected chi connectivity index (χ3v) is 4.18. The van der Waals surface area contributed by atoms with Gasteiger partial charge in [0.2, 0.25) is 0 Å². The number of aromatic nitrogens is 2. The van der Waals surface area contributed by atoms with E-state index in [-0.39, 0.29) is 5.82 Å². The van der Waals surface area contributed by atoms with E-state index >= 15 is 0 Å². The summed E-state index contributed by atoms with van der Waals surface area (Å²) in [7, 11) is 0. The van der Waals surface area contributed by atoms with Gasteiger partial charge in [0.1, 0.15) is 5.82 Å². The van der Waals surface area contributed by atoms with E-state index in [9.17, 15) is 4.39 Å². The Morgan fingerprint density at radius 2 is 2.10 bits per heavy atom. The maximum atomic E-state index is 13.6. The Balaban J connectivity index is 2.02. The van der Waals surface area contributed by atoms with Crippen molar-refractivity contribution >= 4 is 0 Å². The van der Waals surface area contributed by atoms with Crippen LogP contribution in [0.25, 0.3) is 11.1 Å². The molecule has 2 aromatic rings. The van der Waals surface area contributed by atoms with Crippen molar-refractivity contribution < 1.29 is 4.39 Å². The van der Waals surface area contributed by atoms with Crippen LogP contribution in [-0.2, 0) is 13.1 Å². The predicted molar refractivity (Wildman–Crippen MR) is 82.6 cm³/mol. The summed E-state index contributed by atoms with van der Waals surface area (Å²) in [6.45, 7) is 7.76. The number of rotatable bonds is 5. The average Bonchev–Trinajstić information content (AvgIpc) is 3.24. The molecule has 0 saturated heterocycles. The number of benzene rings is 1. The minimum Gasteiger partial charge on any atom is -0.310 e. The van der Waals surface area contributed by atoms with Crippen LogP contribution in [0.5, 0.6) is 0 Å². The molecule has 1 aliphatic carbocycles. The van der Waals surface area contributed by atoms with Crippen molar-refractivity contribution in [3.8, 4) is 11.1 Å². The molecule has 1 aliphatic rings. The highest BCUT2D eigenvalue weighted by molar-refractivity contribution is 5.71. The van der Waals surface area contributed by atoms with Gasteiger partial charge in [0.05, 0.1) is 5.69 Å². The summed E-state index contributed by atoms with van der Waals surface area (Å²) in [5, 5.41) is 8.05. The Morgan fingerprint density at radius 3 is 2.71 bits per heavy atom. The van der Waals surface area contributed by atoms with Gasteiger partial charge in [-0.3, -0.25) is 4.68 Å². The topological polar surface area (TPSA) is 29.9 Å². The van der Waals surface area contributed by atoms with E-state index in [0.29, 0.717) is 12.6 Å². The van der Waals surface area contributed by atoms with Gasteiger partial charge in [0.25, 0.3) is 0 Å². The van der Waals surface area contributed by atoms with Crippen molar-refractivity contribution in [1.29, 1.82) is 0 Å². The summed E-state index contributed by atoms with van der Waals surface area (Å²) in [6.07, 6.45) is 2.47. The second-order valence-corrected chi connectivity index (χ2v) is 5.82. The monoisotopic (exact) mass is 287 g/mol. The fourth-order valence-electron chi connectivity index (χ4n) is 2.89. The van der Waals surface area contributed by atoms with E-state index in [2.05, 4.69) is 24.3 Å². The first-order valence-electron chi connectivity index (χ1n) is 7.66. The van der Waals surface area contributed by atoms with E-state index in [0.717, 1.165) is 34.6 Å². The first kappa shape index (κ1) is 14.3. The number of nitrogens with one attached hydrogen (secondary N) is 1. The Hall–Kier alpha value is -1.68. The Kier molecular flexibility index (Phi) is 3.81. The van der Waals surface area contributed by atoms with Gasteiger partial charge in [0, 0.05) is 30.4 Å². The lowest BCUT2D eigenvalue weighted by Gasteiger charge is -2.12. The third kappa shape index (κ3) is 2.86. The molecule has 1 aromatic heterocycles. The van der Waals surface area contributed by atoms with E-state index in [4.69, 9.17) is 0 Å². The van der Waals surface area contributed by atoms with Crippen LogP contribution < -0.4 is 5.32 Å². The molecule has 1 N–H and O–H groups in total. The molecule has 3 rings (SSSR count). The smallest absolute Gasteiger partial charge is 0.123 e. The summed E-state index contributed by atoms with van der Waals surface area (Å²) < 4.78 is 15.6. The van der Waals surface area contributed by atoms with Gasteiger partial charge in [0.15, 0.2) is 0 Å². The number of halogens is 1. The summed E-state index contributed by atoms with van der Waals surface area (Å²) in [5.74, 6) is -0.176. The van der Waals surface area contributed by atoms with Crippen LogP contribution in [0.3, 0.4) is 0 Å². The zero-order chi connectivity index (χ0) is 15.0. The van der Waals surface area contributed by atoms with Crippen LogP contribution in [0, 0.1) is 19.7 Å². The molecule has 112 valence electrons. The van der Waals surface area contributed by atoms with Crippen molar-refractivity contribution in [3.05, 3.63) is 41.0 Å². The zero-order valence-corrected chi connectivity index (χ0v) is 12.9. The van der Waals surface area contributed by atoms with Crippen molar-refractivity contribution in [1.82, 2.24) is 15.1 Å². The minimum absolute atomic E-state index is 0.176. The third-order valence-electron chi connectivity index (χ3n) is 4.18. The molecule has 0 radical (unpaired) electrons. The first-order valence-corrected chi connectivity index (χ1v) is 7.66. The molecule has 1 aromatic carbocycles. The Labute approximate surface area is 125 Å². The van der Waals surface area contributed by atoms with Crippen LogP contribution in [0.4, 0.5) is 4.39 Å². The highest BCUT2D eigenvalue weighted by Crippen LogP contribution is 2.31. The number of hydrogen-bond donors (Lipinski definition) is 1. The van der Waals surface area contributed by atoms with Crippen LogP contribution in [-0.4, -0.2) is 15.8 Å².